The van der Waals surface area contributed by atoms with Crippen molar-refractivity contribution in [2.24, 2.45) is 0 Å². The van der Waals surface area contributed by atoms with Gasteiger partial charge in [-0.2, -0.15) is 0 Å². The molecule has 0 fully saturated rings. The maximum Gasteiger partial charge on any atom is 0.328 e. The normalized spacial score (nSPS) is 11.5. The predicted octanol–water partition coefficient (Wildman–Crippen LogP) is 1.66. The lowest BCUT2D eigenvalue weighted by atomic mass is 10.2. The lowest BCUT2D eigenvalue weighted by Crippen LogP contribution is -2.25. The Morgan fingerprint density at radius 3 is 2.94 bits per heavy atom. The zero-order valence-corrected chi connectivity index (χ0v) is 10.6. The maximum absolute atomic E-state index is 10.4. The van der Waals surface area contributed by atoms with Gasteiger partial charge >= 0.3 is 5.97 Å². The van der Waals surface area contributed by atoms with Crippen molar-refractivity contribution in [1.82, 2.24) is 4.90 Å². The van der Waals surface area contributed by atoms with Gasteiger partial charge in [-0.15, -0.1) is 11.3 Å². The number of hydrogen-bond acceptors (Lipinski definition) is 4. The number of nitrogens with zero attached hydrogens (tertiary/aromatic N) is 1. The minimum absolute atomic E-state index is 0.158. The molecule has 4 nitrogen and oxygen atoms in total. The Kier molecular flexibility index (Phi) is 5.90. The molecule has 0 atom stereocenters. The Hall–Kier alpha value is -1.17. The molecule has 0 spiro atoms. The van der Waals surface area contributed by atoms with Crippen LogP contribution in [0.4, 0.5) is 0 Å². The van der Waals surface area contributed by atoms with Crippen molar-refractivity contribution in [3.63, 3.8) is 0 Å². The van der Waals surface area contributed by atoms with Crippen LogP contribution in [-0.4, -0.2) is 40.8 Å². The van der Waals surface area contributed by atoms with Crippen LogP contribution in [0.1, 0.15) is 17.4 Å². The molecule has 1 heterocycles. The van der Waals surface area contributed by atoms with Crippen LogP contribution in [0.5, 0.6) is 0 Å². The Labute approximate surface area is 105 Å². The lowest BCUT2D eigenvalue weighted by molar-refractivity contribution is -0.131. The van der Waals surface area contributed by atoms with Crippen molar-refractivity contribution in [1.29, 1.82) is 0 Å². The molecule has 17 heavy (non-hydrogen) atoms. The molecule has 1 aromatic heterocycles. The average molecular weight is 255 g/mol. The maximum atomic E-state index is 10.4. The van der Waals surface area contributed by atoms with Crippen LogP contribution < -0.4 is 0 Å². The molecular weight excluding hydrogens is 238 g/mol. The zero-order chi connectivity index (χ0) is 12.7. The van der Waals surface area contributed by atoms with Crippen LogP contribution in [0.3, 0.4) is 0 Å². The van der Waals surface area contributed by atoms with Gasteiger partial charge in [-0.05, 0) is 29.6 Å². The van der Waals surface area contributed by atoms with Gasteiger partial charge < -0.3 is 10.2 Å². The van der Waals surface area contributed by atoms with Gasteiger partial charge in [0.15, 0.2) is 0 Å². The first-order valence-corrected chi connectivity index (χ1v) is 6.35. The third kappa shape index (κ3) is 5.12. The van der Waals surface area contributed by atoms with Crippen LogP contribution in [0.2, 0.25) is 0 Å². The molecule has 0 aliphatic heterocycles. The van der Waals surface area contributed by atoms with Crippen molar-refractivity contribution in [2.75, 3.05) is 19.7 Å². The van der Waals surface area contributed by atoms with Crippen molar-refractivity contribution >= 4 is 23.4 Å². The summed E-state index contributed by atoms with van der Waals surface area (Å²) in [5.74, 6) is -0.937. The minimum atomic E-state index is -0.937. The largest absolute Gasteiger partial charge is 0.478 e. The molecule has 0 aliphatic rings. The smallest absolute Gasteiger partial charge is 0.328 e. The van der Waals surface area contributed by atoms with Gasteiger partial charge in [0.25, 0.3) is 0 Å². The molecule has 94 valence electrons. The van der Waals surface area contributed by atoms with E-state index in [-0.39, 0.29) is 6.61 Å². The average Bonchev–Trinajstić information content (AvgIpc) is 2.73. The number of carboxylic acids is 1. The zero-order valence-electron chi connectivity index (χ0n) is 9.80. The summed E-state index contributed by atoms with van der Waals surface area (Å²) in [6.07, 6.45) is 2.72. The summed E-state index contributed by atoms with van der Waals surface area (Å²) in [7, 11) is 0. The van der Waals surface area contributed by atoms with Crippen LogP contribution in [0, 0.1) is 0 Å². The van der Waals surface area contributed by atoms with E-state index in [9.17, 15) is 4.79 Å². The van der Waals surface area contributed by atoms with Crippen molar-refractivity contribution in [2.45, 2.75) is 13.5 Å². The highest BCUT2D eigenvalue weighted by Crippen LogP contribution is 2.17. The number of likely N-dealkylation sites (N-methyl/N-ethyl adjacent to an activating group) is 1. The van der Waals surface area contributed by atoms with Crippen molar-refractivity contribution < 1.29 is 15.0 Å². The van der Waals surface area contributed by atoms with Crippen LogP contribution in [0.25, 0.3) is 6.08 Å². The highest BCUT2D eigenvalue weighted by atomic mass is 32.1. The standard InChI is InChI=1S/C12H17NO3S/c1-2-13(5-6-14)8-11-7-10(9-17-11)3-4-12(15)16/h3-4,7,9,14H,2,5-6,8H2,1H3,(H,15,16). The summed E-state index contributed by atoms with van der Waals surface area (Å²) in [4.78, 5) is 13.7. The van der Waals surface area contributed by atoms with E-state index in [1.54, 1.807) is 17.4 Å². The monoisotopic (exact) mass is 255 g/mol. The number of aliphatic carboxylic acids is 1. The number of rotatable bonds is 7. The minimum Gasteiger partial charge on any atom is -0.478 e. The van der Waals surface area contributed by atoms with E-state index in [0.717, 1.165) is 24.7 Å². The van der Waals surface area contributed by atoms with Crippen LogP contribution in [0.15, 0.2) is 17.5 Å². The number of hydrogen-bond donors (Lipinski definition) is 2. The number of aliphatic hydroxyl groups excluding tert-OH is 1. The second-order valence-electron chi connectivity index (χ2n) is 3.61. The fourth-order valence-corrected chi connectivity index (χ4v) is 2.34. The fourth-order valence-electron chi connectivity index (χ4n) is 1.45. The van der Waals surface area contributed by atoms with Gasteiger partial charge in [-0.25, -0.2) is 4.79 Å². The highest BCUT2D eigenvalue weighted by Gasteiger charge is 2.04. The summed E-state index contributed by atoms with van der Waals surface area (Å²) in [6.45, 7) is 4.55. The molecular formula is C12H17NO3S. The van der Waals surface area contributed by atoms with E-state index in [4.69, 9.17) is 10.2 Å². The third-order valence-corrected chi connectivity index (χ3v) is 3.27. The molecule has 1 aromatic rings. The van der Waals surface area contributed by atoms with Gasteiger partial charge in [0.1, 0.15) is 0 Å². The summed E-state index contributed by atoms with van der Waals surface area (Å²) in [5.41, 5.74) is 0.910. The first-order chi connectivity index (χ1) is 8.15. The molecule has 0 amide bonds. The molecule has 0 aromatic carbocycles. The Bertz CT molecular complexity index is 387. The third-order valence-electron chi connectivity index (χ3n) is 2.34. The van der Waals surface area contributed by atoms with E-state index in [0.29, 0.717) is 6.54 Å². The quantitative estimate of drug-likeness (QED) is 0.727. The van der Waals surface area contributed by atoms with Crippen molar-refractivity contribution in [3.8, 4) is 0 Å². The van der Waals surface area contributed by atoms with Crippen LogP contribution in [-0.2, 0) is 11.3 Å². The molecule has 0 saturated heterocycles. The Morgan fingerprint density at radius 1 is 1.59 bits per heavy atom. The summed E-state index contributed by atoms with van der Waals surface area (Å²) in [5, 5.41) is 19.3. The highest BCUT2D eigenvalue weighted by molar-refractivity contribution is 7.10. The van der Waals surface area contributed by atoms with Gasteiger partial charge in [0.2, 0.25) is 0 Å². The van der Waals surface area contributed by atoms with Gasteiger partial charge in [-0.3, -0.25) is 4.90 Å². The molecule has 0 saturated carbocycles. The molecule has 1 rings (SSSR count). The fraction of sp³-hybridized carbons (Fsp3) is 0.417. The lowest BCUT2D eigenvalue weighted by Gasteiger charge is -2.17. The second-order valence-corrected chi connectivity index (χ2v) is 4.61. The van der Waals surface area contributed by atoms with Crippen LogP contribution >= 0.6 is 11.3 Å². The summed E-state index contributed by atoms with van der Waals surface area (Å²) >= 11 is 1.60. The number of aliphatic hydroxyl groups is 1. The molecule has 0 aliphatic carbocycles. The second kappa shape index (κ2) is 7.21. The van der Waals surface area contributed by atoms with E-state index in [1.807, 2.05) is 11.4 Å². The summed E-state index contributed by atoms with van der Waals surface area (Å²) < 4.78 is 0. The summed E-state index contributed by atoms with van der Waals surface area (Å²) in [6, 6.07) is 1.98. The molecule has 0 unspecified atom stereocenters. The van der Waals surface area contributed by atoms with Gasteiger partial charge in [0.05, 0.1) is 6.61 Å². The first-order valence-electron chi connectivity index (χ1n) is 5.47. The number of carbonyl (C=O) groups is 1. The number of carboxylic acid groups (broad SMARTS) is 1. The molecule has 0 radical (unpaired) electrons. The first kappa shape index (κ1) is 13.9. The molecule has 5 heteroatoms. The topological polar surface area (TPSA) is 60.8 Å². The van der Waals surface area contributed by atoms with E-state index < -0.39 is 5.97 Å². The molecule has 2 N–H and O–H groups in total. The molecule has 0 bridgehead atoms. The van der Waals surface area contributed by atoms with Gasteiger partial charge in [0, 0.05) is 24.0 Å². The number of thiophene rings is 1. The van der Waals surface area contributed by atoms with Gasteiger partial charge in [-0.1, -0.05) is 6.92 Å². The SMILES string of the molecule is CCN(CCO)Cc1cc(C=CC(=O)O)cs1. The predicted molar refractivity (Wildman–Crippen MR) is 69.0 cm³/mol. The van der Waals surface area contributed by atoms with E-state index >= 15 is 0 Å². The van der Waals surface area contributed by atoms with E-state index in [1.165, 1.54) is 4.88 Å². The Morgan fingerprint density at radius 2 is 2.35 bits per heavy atom. The van der Waals surface area contributed by atoms with Crippen molar-refractivity contribution in [3.05, 3.63) is 28.0 Å². The Balaban J connectivity index is 2.58. The van der Waals surface area contributed by atoms with E-state index in [2.05, 4.69) is 11.8 Å².